The first-order chi connectivity index (χ1) is 19.2. The Labute approximate surface area is 229 Å². The van der Waals surface area contributed by atoms with Crippen LogP contribution in [0.2, 0.25) is 0 Å². The van der Waals surface area contributed by atoms with E-state index in [1.165, 1.54) is 48.9 Å². The van der Waals surface area contributed by atoms with Crippen LogP contribution in [-0.2, 0) is 4.79 Å². The highest BCUT2D eigenvalue weighted by atomic mass is 19.4. The molecule has 1 heterocycles. The molecule has 0 saturated heterocycles. The molecule has 9 heteroatoms. The van der Waals surface area contributed by atoms with Crippen molar-refractivity contribution >= 4 is 11.6 Å². The van der Waals surface area contributed by atoms with Gasteiger partial charge in [-0.25, -0.2) is 8.78 Å². The van der Waals surface area contributed by atoms with Crippen LogP contribution in [0.4, 0.5) is 22.0 Å². The number of carbonyl (C=O) groups excluding carboxylic acids is 1. The average molecular weight is 557 g/mol. The number of hydrogen-bond acceptors (Lipinski definition) is 3. The van der Waals surface area contributed by atoms with Crippen LogP contribution in [-0.4, -0.2) is 24.5 Å². The lowest BCUT2D eigenvalue weighted by molar-refractivity contribution is -0.274. The molecule has 0 aromatic heterocycles. The molecule has 0 radical (unpaired) electrons. The molecule has 40 heavy (non-hydrogen) atoms. The summed E-state index contributed by atoms with van der Waals surface area (Å²) in [7, 11) is 0. The second kappa shape index (κ2) is 11.8. The van der Waals surface area contributed by atoms with E-state index in [1.807, 2.05) is 0 Å². The van der Waals surface area contributed by atoms with Crippen LogP contribution in [0.3, 0.4) is 0 Å². The third-order valence-electron chi connectivity index (χ3n) is 7.64. The summed E-state index contributed by atoms with van der Waals surface area (Å²) in [6.45, 7) is 0.568. The number of benzene rings is 3. The van der Waals surface area contributed by atoms with Gasteiger partial charge in [-0.15, -0.1) is 13.2 Å². The van der Waals surface area contributed by atoms with Gasteiger partial charge in [-0.05, 0) is 59.7 Å². The molecule has 1 fully saturated rings. The van der Waals surface area contributed by atoms with E-state index in [0.717, 1.165) is 31.2 Å². The van der Waals surface area contributed by atoms with Gasteiger partial charge >= 0.3 is 6.36 Å². The Morgan fingerprint density at radius 3 is 2.08 bits per heavy atom. The number of halogens is 5. The van der Waals surface area contributed by atoms with Crippen LogP contribution in [0, 0.1) is 23.5 Å². The lowest BCUT2D eigenvalue weighted by atomic mass is 9.88. The third-order valence-corrected chi connectivity index (χ3v) is 7.64. The number of rotatable bonds is 7. The van der Waals surface area contributed by atoms with Crippen LogP contribution in [0.25, 0.3) is 11.1 Å². The van der Waals surface area contributed by atoms with Crippen molar-refractivity contribution in [2.45, 2.75) is 50.9 Å². The van der Waals surface area contributed by atoms with E-state index >= 15 is 0 Å². The molecule has 0 unspecified atom stereocenters. The summed E-state index contributed by atoms with van der Waals surface area (Å²) in [5.74, 6) is -2.18. The standard InChI is InChI=1S/C31H29F5N2O2/c32-25-7-4-8-26(33)28(25)27-17-24(30(39)37-18-19-5-2-1-3-6-19)29(38-27)22-11-9-20(10-12-22)21-13-15-23(16-14-21)40-31(34,35)36/h4,7-16,19,24,29H,1-3,5-6,17-18H2,(H,37,39)/t24-,29-/m0/s1. The van der Waals surface area contributed by atoms with E-state index in [0.29, 0.717) is 23.6 Å². The number of nitrogens with one attached hydrogen (secondary N) is 1. The lowest BCUT2D eigenvalue weighted by Crippen LogP contribution is -2.36. The van der Waals surface area contributed by atoms with Crippen LogP contribution in [0.5, 0.6) is 5.75 Å². The van der Waals surface area contributed by atoms with Gasteiger partial charge < -0.3 is 10.1 Å². The third kappa shape index (κ3) is 6.51. The van der Waals surface area contributed by atoms with Crippen molar-refractivity contribution in [3.05, 3.63) is 89.5 Å². The molecule has 1 aliphatic heterocycles. The minimum absolute atomic E-state index is 0.0986. The number of hydrogen-bond donors (Lipinski definition) is 1. The molecule has 1 saturated carbocycles. The molecule has 210 valence electrons. The van der Waals surface area contributed by atoms with Crippen molar-refractivity contribution in [2.24, 2.45) is 16.8 Å². The largest absolute Gasteiger partial charge is 0.573 e. The van der Waals surface area contributed by atoms with Crippen molar-refractivity contribution in [3.8, 4) is 16.9 Å². The highest BCUT2D eigenvalue weighted by Crippen LogP contribution is 2.39. The highest BCUT2D eigenvalue weighted by Gasteiger charge is 2.38. The van der Waals surface area contributed by atoms with Crippen molar-refractivity contribution < 1.29 is 31.5 Å². The van der Waals surface area contributed by atoms with Gasteiger partial charge in [0.2, 0.25) is 5.91 Å². The van der Waals surface area contributed by atoms with E-state index in [9.17, 15) is 26.7 Å². The summed E-state index contributed by atoms with van der Waals surface area (Å²) in [5, 5.41) is 3.06. The van der Waals surface area contributed by atoms with Gasteiger partial charge in [0, 0.05) is 18.7 Å². The average Bonchev–Trinajstić information content (AvgIpc) is 3.37. The topological polar surface area (TPSA) is 50.7 Å². The zero-order chi connectivity index (χ0) is 28.3. The Kier molecular flexibility index (Phi) is 8.19. The predicted molar refractivity (Wildman–Crippen MR) is 142 cm³/mol. The summed E-state index contributed by atoms with van der Waals surface area (Å²) in [5.41, 5.74) is 2.11. The Bertz CT molecular complexity index is 1340. The Morgan fingerprint density at radius 2 is 1.48 bits per heavy atom. The molecule has 0 bridgehead atoms. The molecule has 4 nitrogen and oxygen atoms in total. The first-order valence-electron chi connectivity index (χ1n) is 13.4. The Balaban J connectivity index is 1.38. The van der Waals surface area contributed by atoms with Gasteiger partial charge in [0.25, 0.3) is 0 Å². The second-order valence-corrected chi connectivity index (χ2v) is 10.4. The molecule has 2 aliphatic rings. The van der Waals surface area contributed by atoms with Gasteiger partial charge in [-0.2, -0.15) is 0 Å². The SMILES string of the molecule is O=C(NCC1CCCCC1)[C@H]1CC(c2c(F)cccc2F)=N[C@H]1c1ccc(-c2ccc(OC(F)(F)F)cc2)cc1. The fourth-order valence-electron chi connectivity index (χ4n) is 5.60. The maximum atomic E-state index is 14.6. The Morgan fingerprint density at radius 1 is 0.875 bits per heavy atom. The minimum Gasteiger partial charge on any atom is -0.406 e. The second-order valence-electron chi connectivity index (χ2n) is 10.4. The lowest BCUT2D eigenvalue weighted by Gasteiger charge is -2.24. The first-order valence-corrected chi connectivity index (χ1v) is 13.4. The van der Waals surface area contributed by atoms with Gasteiger partial charge in [0.05, 0.1) is 17.5 Å². The number of nitrogens with zero attached hydrogens (tertiary/aromatic N) is 1. The van der Waals surface area contributed by atoms with Gasteiger partial charge in [-0.3, -0.25) is 9.79 Å². The number of alkyl halides is 3. The van der Waals surface area contributed by atoms with Gasteiger partial charge in [0.1, 0.15) is 17.4 Å². The molecule has 5 rings (SSSR count). The zero-order valence-electron chi connectivity index (χ0n) is 21.7. The molecular formula is C31H29F5N2O2. The monoisotopic (exact) mass is 556 g/mol. The van der Waals surface area contributed by atoms with E-state index in [2.05, 4.69) is 15.0 Å². The smallest absolute Gasteiger partial charge is 0.406 e. The van der Waals surface area contributed by atoms with Crippen molar-refractivity contribution in [2.75, 3.05) is 6.54 Å². The fourth-order valence-corrected chi connectivity index (χ4v) is 5.60. The van der Waals surface area contributed by atoms with E-state index in [1.54, 1.807) is 24.3 Å². The van der Waals surface area contributed by atoms with Crippen LogP contribution in [0.15, 0.2) is 71.7 Å². The van der Waals surface area contributed by atoms with Crippen LogP contribution < -0.4 is 10.1 Å². The quantitative estimate of drug-likeness (QED) is 0.302. The molecule has 0 spiro atoms. The van der Waals surface area contributed by atoms with Gasteiger partial charge in [0.15, 0.2) is 0 Å². The maximum absolute atomic E-state index is 14.6. The predicted octanol–water partition coefficient (Wildman–Crippen LogP) is 7.78. The van der Waals surface area contributed by atoms with Crippen molar-refractivity contribution in [3.63, 3.8) is 0 Å². The number of carbonyl (C=O) groups is 1. The molecule has 3 aromatic rings. The van der Waals surface area contributed by atoms with E-state index in [-0.39, 0.29) is 29.4 Å². The summed E-state index contributed by atoms with van der Waals surface area (Å²) >= 11 is 0. The number of aliphatic imine (C=N–C) groups is 1. The summed E-state index contributed by atoms with van der Waals surface area (Å²) in [4.78, 5) is 18.0. The van der Waals surface area contributed by atoms with Crippen molar-refractivity contribution in [1.82, 2.24) is 5.32 Å². The highest BCUT2D eigenvalue weighted by molar-refractivity contribution is 6.05. The zero-order valence-corrected chi connectivity index (χ0v) is 21.7. The molecular weight excluding hydrogens is 527 g/mol. The van der Waals surface area contributed by atoms with Crippen molar-refractivity contribution in [1.29, 1.82) is 0 Å². The fraction of sp³-hybridized carbons (Fsp3) is 0.355. The molecule has 2 atom stereocenters. The molecule has 1 N–H and O–H groups in total. The van der Waals surface area contributed by atoms with E-state index in [4.69, 9.17) is 0 Å². The van der Waals surface area contributed by atoms with Crippen LogP contribution >= 0.6 is 0 Å². The summed E-state index contributed by atoms with van der Waals surface area (Å²) in [6, 6.07) is 15.6. The maximum Gasteiger partial charge on any atom is 0.573 e. The number of ether oxygens (including phenoxy) is 1. The van der Waals surface area contributed by atoms with E-state index < -0.39 is 30.0 Å². The summed E-state index contributed by atoms with van der Waals surface area (Å²) < 4.78 is 70.6. The van der Waals surface area contributed by atoms with Crippen LogP contribution in [0.1, 0.15) is 55.7 Å². The van der Waals surface area contributed by atoms with Gasteiger partial charge in [-0.1, -0.05) is 61.7 Å². The summed E-state index contributed by atoms with van der Waals surface area (Å²) in [6.07, 6.45) is 0.981. The minimum atomic E-state index is -4.77. The Hall–Kier alpha value is -3.75. The normalized spacial score (nSPS) is 19.8. The molecule has 1 amide bonds. The molecule has 3 aromatic carbocycles. The first kappa shape index (κ1) is 27.8. The number of amides is 1. The molecule has 1 aliphatic carbocycles.